The summed E-state index contributed by atoms with van der Waals surface area (Å²) in [6, 6.07) is 0. The van der Waals surface area contributed by atoms with Gasteiger partial charge in [-0.1, -0.05) is 13.8 Å². The van der Waals surface area contributed by atoms with Crippen molar-refractivity contribution >= 4 is 11.9 Å². The second-order valence-corrected chi connectivity index (χ2v) is 7.46. The standard InChI is InChI=1S/C15H25NO4/c1-13(2,3)20-12(18)16-8-6-15(7-9-16)11(17)14(4,5)10-19-15/h6-10H2,1-5H3. The first-order chi connectivity index (χ1) is 9.06. The number of hydrogen-bond donors (Lipinski definition) is 0. The van der Waals surface area contributed by atoms with Crippen molar-refractivity contribution in [3.8, 4) is 0 Å². The van der Waals surface area contributed by atoms with Gasteiger partial charge in [0.2, 0.25) is 0 Å². The average Bonchev–Trinajstić information content (AvgIpc) is 2.53. The Morgan fingerprint density at radius 1 is 1.25 bits per heavy atom. The van der Waals surface area contributed by atoms with Crippen molar-refractivity contribution < 1.29 is 19.1 Å². The number of hydrogen-bond acceptors (Lipinski definition) is 4. The molecular formula is C15H25NO4. The predicted molar refractivity (Wildman–Crippen MR) is 74.5 cm³/mol. The fourth-order valence-electron chi connectivity index (χ4n) is 2.81. The molecule has 0 aromatic rings. The highest BCUT2D eigenvalue weighted by molar-refractivity contribution is 5.94. The third kappa shape index (κ3) is 2.82. The molecule has 2 fully saturated rings. The lowest BCUT2D eigenvalue weighted by molar-refractivity contribution is -0.139. The number of likely N-dealkylation sites (tertiary alicyclic amines) is 1. The zero-order valence-electron chi connectivity index (χ0n) is 13.1. The summed E-state index contributed by atoms with van der Waals surface area (Å²) in [4.78, 5) is 26.1. The number of ketones is 1. The van der Waals surface area contributed by atoms with Crippen molar-refractivity contribution in [1.29, 1.82) is 0 Å². The normalized spacial score (nSPS) is 25.1. The molecule has 1 amide bonds. The van der Waals surface area contributed by atoms with Crippen molar-refractivity contribution in [3.63, 3.8) is 0 Å². The minimum Gasteiger partial charge on any atom is -0.444 e. The summed E-state index contributed by atoms with van der Waals surface area (Å²) in [6.07, 6.45) is 0.820. The molecule has 0 aliphatic carbocycles. The first kappa shape index (κ1) is 15.3. The molecule has 2 aliphatic rings. The number of carbonyl (C=O) groups is 2. The molecule has 0 aromatic heterocycles. The summed E-state index contributed by atoms with van der Waals surface area (Å²) in [5, 5.41) is 0. The summed E-state index contributed by atoms with van der Waals surface area (Å²) in [7, 11) is 0. The van der Waals surface area contributed by atoms with E-state index in [0.717, 1.165) is 0 Å². The van der Waals surface area contributed by atoms with E-state index >= 15 is 0 Å². The third-order valence-electron chi connectivity index (χ3n) is 3.96. The molecule has 2 heterocycles. The largest absolute Gasteiger partial charge is 0.444 e. The van der Waals surface area contributed by atoms with Gasteiger partial charge in [-0.05, 0) is 20.8 Å². The Morgan fingerprint density at radius 2 is 1.80 bits per heavy atom. The molecule has 2 saturated heterocycles. The fourth-order valence-corrected chi connectivity index (χ4v) is 2.81. The van der Waals surface area contributed by atoms with E-state index in [0.29, 0.717) is 32.5 Å². The zero-order chi connectivity index (χ0) is 15.2. The molecule has 2 rings (SSSR count). The van der Waals surface area contributed by atoms with Gasteiger partial charge in [0.25, 0.3) is 0 Å². The minimum atomic E-state index is -0.679. The van der Waals surface area contributed by atoms with Crippen LogP contribution in [0.5, 0.6) is 0 Å². The maximum atomic E-state index is 12.4. The Labute approximate surface area is 120 Å². The smallest absolute Gasteiger partial charge is 0.410 e. The molecule has 0 bridgehead atoms. The van der Waals surface area contributed by atoms with Crippen LogP contribution in [-0.4, -0.2) is 47.7 Å². The van der Waals surface area contributed by atoms with Crippen molar-refractivity contribution in [2.45, 2.75) is 58.7 Å². The van der Waals surface area contributed by atoms with Crippen LogP contribution in [0.2, 0.25) is 0 Å². The van der Waals surface area contributed by atoms with Crippen molar-refractivity contribution in [2.75, 3.05) is 19.7 Å². The molecular weight excluding hydrogens is 258 g/mol. The van der Waals surface area contributed by atoms with Gasteiger partial charge < -0.3 is 14.4 Å². The van der Waals surface area contributed by atoms with E-state index in [9.17, 15) is 9.59 Å². The molecule has 0 radical (unpaired) electrons. The van der Waals surface area contributed by atoms with E-state index in [2.05, 4.69) is 0 Å². The van der Waals surface area contributed by atoms with Gasteiger partial charge in [-0.15, -0.1) is 0 Å². The van der Waals surface area contributed by atoms with Crippen LogP contribution in [0, 0.1) is 5.41 Å². The first-order valence-electron chi connectivity index (χ1n) is 7.23. The lowest BCUT2D eigenvalue weighted by Crippen LogP contribution is -2.51. The fraction of sp³-hybridized carbons (Fsp3) is 0.867. The Kier molecular flexibility index (Phi) is 3.61. The summed E-state index contributed by atoms with van der Waals surface area (Å²) < 4.78 is 11.2. The molecule has 114 valence electrons. The Balaban J connectivity index is 1.97. The topological polar surface area (TPSA) is 55.8 Å². The molecule has 0 unspecified atom stereocenters. The highest BCUT2D eigenvalue weighted by Gasteiger charge is 2.54. The van der Waals surface area contributed by atoms with Gasteiger partial charge in [0, 0.05) is 31.3 Å². The van der Waals surface area contributed by atoms with Crippen LogP contribution in [0.3, 0.4) is 0 Å². The lowest BCUT2D eigenvalue weighted by Gasteiger charge is -2.38. The summed E-state index contributed by atoms with van der Waals surface area (Å²) in [5.41, 5.74) is -1.58. The quantitative estimate of drug-likeness (QED) is 0.685. The van der Waals surface area contributed by atoms with E-state index < -0.39 is 16.6 Å². The number of nitrogens with zero attached hydrogens (tertiary/aromatic N) is 1. The van der Waals surface area contributed by atoms with E-state index in [1.807, 2.05) is 34.6 Å². The van der Waals surface area contributed by atoms with Crippen molar-refractivity contribution in [3.05, 3.63) is 0 Å². The van der Waals surface area contributed by atoms with Gasteiger partial charge in [0.05, 0.1) is 6.61 Å². The van der Waals surface area contributed by atoms with Gasteiger partial charge in [-0.2, -0.15) is 0 Å². The van der Waals surface area contributed by atoms with Crippen LogP contribution in [0.1, 0.15) is 47.5 Å². The molecule has 5 heteroatoms. The summed E-state index contributed by atoms with van der Waals surface area (Å²) in [5.74, 6) is 0.175. The predicted octanol–water partition coefficient (Wildman–Crippen LogP) is 2.38. The number of ether oxygens (including phenoxy) is 2. The van der Waals surface area contributed by atoms with E-state index in [1.54, 1.807) is 4.90 Å². The number of amides is 1. The molecule has 2 aliphatic heterocycles. The lowest BCUT2D eigenvalue weighted by atomic mass is 9.78. The van der Waals surface area contributed by atoms with Gasteiger partial charge in [0.1, 0.15) is 11.2 Å². The average molecular weight is 283 g/mol. The second-order valence-electron chi connectivity index (χ2n) is 7.46. The van der Waals surface area contributed by atoms with Gasteiger partial charge >= 0.3 is 6.09 Å². The molecule has 1 spiro atoms. The number of Topliss-reactive ketones (excluding diaryl/α,β-unsaturated/α-hetero) is 1. The Hall–Kier alpha value is -1.10. The minimum absolute atomic E-state index is 0.175. The van der Waals surface area contributed by atoms with Crippen molar-refractivity contribution in [1.82, 2.24) is 4.90 Å². The molecule has 0 atom stereocenters. The van der Waals surface area contributed by atoms with Gasteiger partial charge in [0.15, 0.2) is 5.78 Å². The Morgan fingerprint density at radius 3 is 2.20 bits per heavy atom. The molecule has 0 N–H and O–H groups in total. The van der Waals surface area contributed by atoms with Crippen LogP contribution in [0.4, 0.5) is 4.79 Å². The SMILES string of the molecule is CC(C)(C)OC(=O)N1CCC2(CC1)OCC(C)(C)C2=O. The van der Waals surface area contributed by atoms with E-state index in [1.165, 1.54) is 0 Å². The number of carbonyl (C=O) groups excluding carboxylic acids is 2. The highest BCUT2D eigenvalue weighted by Crippen LogP contribution is 2.41. The third-order valence-corrected chi connectivity index (χ3v) is 3.96. The van der Waals surface area contributed by atoms with Crippen LogP contribution in [-0.2, 0) is 14.3 Å². The molecule has 0 aromatic carbocycles. The van der Waals surface area contributed by atoms with Gasteiger partial charge in [-0.3, -0.25) is 4.79 Å². The second kappa shape index (κ2) is 4.72. The van der Waals surface area contributed by atoms with Crippen LogP contribution < -0.4 is 0 Å². The van der Waals surface area contributed by atoms with Crippen molar-refractivity contribution in [2.24, 2.45) is 5.41 Å². The first-order valence-corrected chi connectivity index (χ1v) is 7.23. The summed E-state index contributed by atoms with van der Waals surface area (Å²) in [6.45, 7) is 10.9. The highest BCUT2D eigenvalue weighted by atomic mass is 16.6. The molecule has 20 heavy (non-hydrogen) atoms. The van der Waals surface area contributed by atoms with E-state index in [-0.39, 0.29) is 11.9 Å². The van der Waals surface area contributed by atoms with Crippen LogP contribution >= 0.6 is 0 Å². The van der Waals surface area contributed by atoms with Crippen LogP contribution in [0.25, 0.3) is 0 Å². The maximum Gasteiger partial charge on any atom is 0.410 e. The summed E-state index contributed by atoms with van der Waals surface area (Å²) >= 11 is 0. The Bertz CT molecular complexity index is 414. The van der Waals surface area contributed by atoms with E-state index in [4.69, 9.17) is 9.47 Å². The molecule has 0 saturated carbocycles. The zero-order valence-corrected chi connectivity index (χ0v) is 13.1. The number of rotatable bonds is 0. The maximum absolute atomic E-state index is 12.4. The van der Waals surface area contributed by atoms with Gasteiger partial charge in [-0.25, -0.2) is 4.79 Å². The number of piperidine rings is 1. The molecule has 5 nitrogen and oxygen atoms in total. The monoisotopic (exact) mass is 283 g/mol. The van der Waals surface area contributed by atoms with Crippen LogP contribution in [0.15, 0.2) is 0 Å².